The van der Waals surface area contributed by atoms with Gasteiger partial charge in [-0.3, -0.25) is 9.88 Å². The molecule has 130 valence electrons. The molecular formula is C20H19N5O. The lowest BCUT2D eigenvalue weighted by Gasteiger charge is -2.34. The van der Waals surface area contributed by atoms with Crippen LogP contribution in [-0.4, -0.2) is 41.0 Å². The molecular weight excluding hydrogens is 326 g/mol. The Bertz CT molecular complexity index is 893. The second-order valence-electron chi connectivity index (χ2n) is 6.28. The Labute approximate surface area is 152 Å². The van der Waals surface area contributed by atoms with E-state index in [1.54, 1.807) is 12.4 Å². The largest absolute Gasteiger partial charge is 0.419 e. The Balaban J connectivity index is 1.46. The molecule has 4 rings (SSSR count). The van der Waals surface area contributed by atoms with Gasteiger partial charge in [-0.2, -0.15) is 10.2 Å². The summed E-state index contributed by atoms with van der Waals surface area (Å²) in [5.41, 5.74) is 2.43. The van der Waals surface area contributed by atoms with E-state index < -0.39 is 0 Å². The van der Waals surface area contributed by atoms with E-state index >= 15 is 0 Å². The monoisotopic (exact) mass is 345 g/mol. The van der Waals surface area contributed by atoms with Crippen molar-refractivity contribution in [2.75, 3.05) is 31.1 Å². The molecule has 0 bridgehead atoms. The van der Waals surface area contributed by atoms with Crippen molar-refractivity contribution in [2.45, 2.75) is 6.54 Å². The summed E-state index contributed by atoms with van der Waals surface area (Å²) in [6.45, 7) is 4.40. The van der Waals surface area contributed by atoms with Crippen molar-refractivity contribution < 1.29 is 4.42 Å². The van der Waals surface area contributed by atoms with Gasteiger partial charge in [0.15, 0.2) is 0 Å². The van der Waals surface area contributed by atoms with Gasteiger partial charge in [0.05, 0.1) is 5.56 Å². The van der Waals surface area contributed by atoms with Crippen LogP contribution in [0.25, 0.3) is 11.5 Å². The number of oxazole rings is 1. The third-order valence-corrected chi connectivity index (χ3v) is 4.53. The molecule has 3 heterocycles. The topological polar surface area (TPSA) is 69.2 Å². The number of piperazine rings is 1. The van der Waals surface area contributed by atoms with E-state index in [4.69, 9.17) is 4.42 Å². The molecule has 2 aromatic heterocycles. The molecule has 1 aliphatic heterocycles. The maximum Gasteiger partial charge on any atom is 0.235 e. The molecule has 0 aliphatic carbocycles. The van der Waals surface area contributed by atoms with E-state index in [1.165, 1.54) is 5.56 Å². The van der Waals surface area contributed by atoms with Crippen LogP contribution >= 0.6 is 0 Å². The van der Waals surface area contributed by atoms with E-state index in [2.05, 4.69) is 50.1 Å². The van der Waals surface area contributed by atoms with Crippen molar-refractivity contribution in [3.8, 4) is 17.5 Å². The third kappa shape index (κ3) is 3.44. The van der Waals surface area contributed by atoms with E-state index in [9.17, 15) is 5.26 Å². The number of aromatic nitrogens is 2. The zero-order chi connectivity index (χ0) is 17.8. The highest BCUT2D eigenvalue weighted by molar-refractivity contribution is 5.58. The molecule has 26 heavy (non-hydrogen) atoms. The number of hydrogen-bond acceptors (Lipinski definition) is 6. The van der Waals surface area contributed by atoms with Gasteiger partial charge in [0.1, 0.15) is 6.07 Å². The number of anilines is 1. The standard InChI is InChI=1S/C20H19N5O/c21-13-18-20(26-19(23-18)17-7-4-8-22-14-17)25-11-9-24(10-12-25)15-16-5-2-1-3-6-16/h1-8,14H,9-12,15H2. The molecule has 0 N–H and O–H groups in total. The minimum Gasteiger partial charge on any atom is -0.419 e. The molecule has 1 aliphatic rings. The Morgan fingerprint density at radius 1 is 1.04 bits per heavy atom. The fourth-order valence-electron chi connectivity index (χ4n) is 3.16. The summed E-state index contributed by atoms with van der Waals surface area (Å²) in [6.07, 6.45) is 3.39. The van der Waals surface area contributed by atoms with Gasteiger partial charge in [-0.1, -0.05) is 30.3 Å². The van der Waals surface area contributed by atoms with Gasteiger partial charge >= 0.3 is 0 Å². The van der Waals surface area contributed by atoms with Crippen LogP contribution in [-0.2, 0) is 6.54 Å². The quantitative estimate of drug-likeness (QED) is 0.724. The van der Waals surface area contributed by atoms with Crippen molar-refractivity contribution in [2.24, 2.45) is 0 Å². The van der Waals surface area contributed by atoms with Gasteiger partial charge < -0.3 is 9.32 Å². The van der Waals surface area contributed by atoms with Gasteiger partial charge in [0.25, 0.3) is 0 Å². The highest BCUT2D eigenvalue weighted by Crippen LogP contribution is 2.28. The summed E-state index contributed by atoms with van der Waals surface area (Å²) in [4.78, 5) is 12.9. The Morgan fingerprint density at radius 2 is 1.85 bits per heavy atom. The van der Waals surface area contributed by atoms with Gasteiger partial charge in [-0.25, -0.2) is 0 Å². The predicted molar refractivity (Wildman–Crippen MR) is 98.4 cm³/mol. The zero-order valence-electron chi connectivity index (χ0n) is 14.4. The Kier molecular flexibility index (Phi) is 4.63. The van der Waals surface area contributed by atoms with Gasteiger partial charge in [-0.05, 0) is 17.7 Å². The van der Waals surface area contributed by atoms with Gasteiger partial charge in [0.2, 0.25) is 17.5 Å². The fourth-order valence-corrected chi connectivity index (χ4v) is 3.16. The van der Waals surface area contributed by atoms with Crippen LogP contribution in [0.5, 0.6) is 0 Å². The first kappa shape index (κ1) is 16.3. The molecule has 1 saturated heterocycles. The second-order valence-corrected chi connectivity index (χ2v) is 6.28. The molecule has 0 saturated carbocycles. The number of nitriles is 1. The average Bonchev–Trinajstić information content (AvgIpc) is 3.15. The van der Waals surface area contributed by atoms with Gasteiger partial charge in [0, 0.05) is 45.1 Å². The minimum absolute atomic E-state index is 0.334. The minimum atomic E-state index is 0.334. The first-order valence-electron chi connectivity index (χ1n) is 8.66. The summed E-state index contributed by atoms with van der Waals surface area (Å²) < 4.78 is 5.92. The van der Waals surface area contributed by atoms with Gasteiger partial charge in [-0.15, -0.1) is 0 Å². The van der Waals surface area contributed by atoms with Crippen LogP contribution in [0, 0.1) is 11.3 Å². The number of hydrogen-bond donors (Lipinski definition) is 0. The van der Waals surface area contributed by atoms with E-state index in [-0.39, 0.29) is 0 Å². The lowest BCUT2D eigenvalue weighted by atomic mass is 10.2. The predicted octanol–water partition coefficient (Wildman–Crippen LogP) is 2.93. The smallest absolute Gasteiger partial charge is 0.235 e. The molecule has 0 atom stereocenters. The first-order chi connectivity index (χ1) is 12.8. The van der Waals surface area contributed by atoms with Crippen molar-refractivity contribution in [3.63, 3.8) is 0 Å². The first-order valence-corrected chi connectivity index (χ1v) is 8.66. The normalized spacial score (nSPS) is 15.0. The molecule has 1 fully saturated rings. The van der Waals surface area contributed by atoms with E-state index in [0.717, 1.165) is 38.3 Å². The van der Waals surface area contributed by atoms with Crippen LogP contribution < -0.4 is 4.90 Å². The Morgan fingerprint density at radius 3 is 2.54 bits per heavy atom. The number of nitrogens with zero attached hydrogens (tertiary/aromatic N) is 5. The van der Waals surface area contributed by atoms with Crippen LogP contribution in [0.2, 0.25) is 0 Å². The molecule has 3 aromatic rings. The molecule has 0 amide bonds. The molecule has 0 unspecified atom stereocenters. The fraction of sp³-hybridized carbons (Fsp3) is 0.250. The molecule has 6 nitrogen and oxygen atoms in total. The third-order valence-electron chi connectivity index (χ3n) is 4.53. The molecule has 6 heteroatoms. The van der Waals surface area contributed by atoms with E-state index in [1.807, 2.05) is 18.2 Å². The van der Waals surface area contributed by atoms with Crippen LogP contribution in [0.3, 0.4) is 0 Å². The molecule has 0 spiro atoms. The van der Waals surface area contributed by atoms with Crippen LogP contribution in [0.4, 0.5) is 5.88 Å². The maximum absolute atomic E-state index is 9.43. The highest BCUT2D eigenvalue weighted by atomic mass is 16.4. The number of benzene rings is 1. The van der Waals surface area contributed by atoms with E-state index in [0.29, 0.717) is 17.5 Å². The Hall–Kier alpha value is -3.17. The molecule has 1 aromatic carbocycles. The summed E-state index contributed by atoms with van der Waals surface area (Å²) in [6, 6.07) is 16.3. The highest BCUT2D eigenvalue weighted by Gasteiger charge is 2.24. The van der Waals surface area contributed by atoms with Crippen molar-refractivity contribution in [1.82, 2.24) is 14.9 Å². The SMILES string of the molecule is N#Cc1nc(-c2cccnc2)oc1N1CCN(Cc2ccccc2)CC1. The van der Waals surface area contributed by atoms with Crippen molar-refractivity contribution in [1.29, 1.82) is 5.26 Å². The van der Waals surface area contributed by atoms with Crippen LogP contribution in [0.15, 0.2) is 59.3 Å². The summed E-state index contributed by atoms with van der Waals surface area (Å²) in [5, 5.41) is 9.43. The summed E-state index contributed by atoms with van der Waals surface area (Å²) in [5.74, 6) is 1.00. The average molecular weight is 345 g/mol. The lowest BCUT2D eigenvalue weighted by molar-refractivity contribution is 0.246. The number of pyridine rings is 1. The zero-order valence-corrected chi connectivity index (χ0v) is 14.4. The summed E-state index contributed by atoms with van der Waals surface area (Å²) >= 11 is 0. The van der Waals surface area contributed by atoms with Crippen LogP contribution in [0.1, 0.15) is 11.3 Å². The molecule has 0 radical (unpaired) electrons. The van der Waals surface area contributed by atoms with Crippen molar-refractivity contribution in [3.05, 3.63) is 66.1 Å². The van der Waals surface area contributed by atoms with Crippen molar-refractivity contribution >= 4 is 5.88 Å². The maximum atomic E-state index is 9.43. The second kappa shape index (κ2) is 7.38. The lowest BCUT2D eigenvalue weighted by Crippen LogP contribution is -2.46. The number of rotatable bonds is 4. The summed E-state index contributed by atoms with van der Waals surface area (Å²) in [7, 11) is 0.